The molecule has 0 saturated carbocycles. The van der Waals surface area contributed by atoms with Crippen LogP contribution in [-0.2, 0) is 9.59 Å². The second kappa shape index (κ2) is 16.6. The van der Waals surface area contributed by atoms with Crippen molar-refractivity contribution in [1.29, 1.82) is 0 Å². The summed E-state index contributed by atoms with van der Waals surface area (Å²) in [4.78, 5) is 28.1. The van der Waals surface area contributed by atoms with Gasteiger partial charge in [-0.2, -0.15) is 0 Å². The summed E-state index contributed by atoms with van der Waals surface area (Å²) < 4.78 is 0. The average molecular weight is 238 g/mol. The van der Waals surface area contributed by atoms with Gasteiger partial charge in [0.2, 0.25) is 0 Å². The van der Waals surface area contributed by atoms with Crippen LogP contribution in [-0.4, -0.2) is 36.2 Å². The monoisotopic (exact) mass is 238 g/mol. The first kappa shape index (κ1) is 24.4. The van der Waals surface area contributed by atoms with Gasteiger partial charge in [-0.1, -0.05) is 0 Å². The molecule has 0 heterocycles. The summed E-state index contributed by atoms with van der Waals surface area (Å²) in [5.74, 6) is -2.66. The van der Waals surface area contributed by atoms with Gasteiger partial charge in [0, 0.05) is 6.54 Å². The molecule has 15 heavy (non-hydrogen) atoms. The standard InChI is InChI=1S/C3H5NO4.C2H5NO2.2Na/c5-2(6)1-4-3(7)8;3-1-2(4)5;;/h4H,1H2,(H,5,6)(H,7,8);1,3H2,(H,4,5);;/q;;2*+1/p-2. The quantitative estimate of drug-likeness (QED) is 0.412. The molecule has 0 aliphatic carbocycles. The molecule has 0 atom stereocenters. The van der Waals surface area contributed by atoms with Gasteiger partial charge in [0.05, 0.1) is 18.5 Å². The minimum Gasteiger partial charge on any atom is -0.549 e. The van der Waals surface area contributed by atoms with Crippen LogP contribution in [0.4, 0.5) is 4.79 Å². The zero-order chi connectivity index (χ0) is 10.9. The number of amides is 1. The Hall–Kier alpha value is 0.170. The van der Waals surface area contributed by atoms with Gasteiger partial charge >= 0.3 is 65.2 Å². The first-order chi connectivity index (χ1) is 5.90. The van der Waals surface area contributed by atoms with Crippen LogP contribution in [0.25, 0.3) is 0 Å². The number of nitrogens with one attached hydrogen (secondary N) is 1. The molecular formula is C5H8N2Na2O6. The van der Waals surface area contributed by atoms with Gasteiger partial charge < -0.3 is 36.0 Å². The number of carboxylic acid groups (broad SMARTS) is 3. The van der Waals surface area contributed by atoms with Crippen LogP contribution in [0.2, 0.25) is 0 Å². The minimum absolute atomic E-state index is 0. The predicted molar refractivity (Wildman–Crippen MR) is 35.1 cm³/mol. The molecule has 0 bridgehead atoms. The van der Waals surface area contributed by atoms with E-state index < -0.39 is 24.6 Å². The normalized spacial score (nSPS) is 6.73. The molecule has 0 fully saturated rings. The van der Waals surface area contributed by atoms with E-state index >= 15 is 0 Å². The first-order valence-corrected chi connectivity index (χ1v) is 2.96. The van der Waals surface area contributed by atoms with E-state index in [4.69, 9.17) is 15.0 Å². The summed E-state index contributed by atoms with van der Waals surface area (Å²) in [6, 6.07) is 0. The number of carbonyl (C=O) groups is 3. The summed E-state index contributed by atoms with van der Waals surface area (Å²) in [7, 11) is 0. The fraction of sp³-hybridized carbons (Fsp3) is 0.400. The minimum atomic E-state index is -1.44. The van der Waals surface area contributed by atoms with Crippen molar-refractivity contribution >= 4 is 18.0 Å². The number of carboxylic acids is 2. The molecule has 0 saturated heterocycles. The summed E-state index contributed by atoms with van der Waals surface area (Å²) >= 11 is 0. The zero-order valence-electron chi connectivity index (χ0n) is 8.48. The van der Waals surface area contributed by atoms with Gasteiger partial charge in [-0.05, 0) is 0 Å². The molecule has 1 amide bonds. The van der Waals surface area contributed by atoms with Crippen LogP contribution >= 0.6 is 0 Å². The molecule has 0 aliphatic heterocycles. The Kier molecular flexibility index (Phi) is 27.0. The molecule has 0 spiro atoms. The largest absolute Gasteiger partial charge is 1.00 e. The molecule has 0 unspecified atom stereocenters. The van der Waals surface area contributed by atoms with E-state index in [1.54, 1.807) is 5.32 Å². The van der Waals surface area contributed by atoms with Gasteiger partial charge in [-0.25, -0.2) is 4.79 Å². The molecule has 76 valence electrons. The second-order valence-corrected chi connectivity index (χ2v) is 1.61. The van der Waals surface area contributed by atoms with Crippen LogP contribution < -0.4 is 80.4 Å². The van der Waals surface area contributed by atoms with Crippen molar-refractivity contribution in [2.45, 2.75) is 0 Å². The number of nitrogens with two attached hydrogens (primary N) is 1. The summed E-state index contributed by atoms with van der Waals surface area (Å²) in [6.45, 7) is -1.05. The molecule has 0 aromatic carbocycles. The average Bonchev–Trinajstić information content (AvgIpc) is 2.02. The molecule has 0 aliphatic rings. The smallest absolute Gasteiger partial charge is 0.549 e. The number of rotatable bonds is 3. The fourth-order valence-corrected chi connectivity index (χ4v) is 0.148. The van der Waals surface area contributed by atoms with Crippen molar-refractivity contribution in [2.24, 2.45) is 5.73 Å². The Balaban J connectivity index is -0.0000000770. The van der Waals surface area contributed by atoms with Crippen molar-refractivity contribution < 1.29 is 88.8 Å². The third kappa shape index (κ3) is 40.8. The van der Waals surface area contributed by atoms with Crippen LogP contribution in [0, 0.1) is 0 Å². The van der Waals surface area contributed by atoms with Gasteiger partial charge in [-0.15, -0.1) is 0 Å². The fourth-order valence-electron chi connectivity index (χ4n) is 0.148. The molecule has 4 N–H and O–H groups in total. The molecule has 0 radical (unpaired) electrons. The van der Waals surface area contributed by atoms with E-state index in [0.717, 1.165) is 0 Å². The van der Waals surface area contributed by atoms with Crippen molar-refractivity contribution in [1.82, 2.24) is 5.32 Å². The van der Waals surface area contributed by atoms with E-state index in [1.165, 1.54) is 0 Å². The number of hydrogen-bond donors (Lipinski definition) is 3. The van der Waals surface area contributed by atoms with Gasteiger partial charge in [0.15, 0.2) is 0 Å². The van der Waals surface area contributed by atoms with Crippen molar-refractivity contribution in [3.63, 3.8) is 0 Å². The maximum absolute atomic E-state index is 9.50. The van der Waals surface area contributed by atoms with E-state index in [1.807, 2.05) is 0 Å². The zero-order valence-corrected chi connectivity index (χ0v) is 12.5. The van der Waals surface area contributed by atoms with E-state index in [2.05, 4.69) is 5.73 Å². The summed E-state index contributed by atoms with van der Waals surface area (Å²) in [5.41, 5.74) is 4.51. The van der Waals surface area contributed by atoms with Gasteiger partial charge in [-0.3, -0.25) is 0 Å². The SMILES string of the molecule is NCC(=O)[O-].O=C([O-])CNC(=O)O.[Na+].[Na+]. The number of carbonyl (C=O) groups excluding carboxylic acids is 2. The molecule has 0 aromatic rings. The van der Waals surface area contributed by atoms with Gasteiger partial charge in [0.1, 0.15) is 0 Å². The Morgan fingerprint density at radius 2 is 1.47 bits per heavy atom. The Morgan fingerprint density at radius 3 is 1.53 bits per heavy atom. The number of aliphatic carboxylic acids is 2. The summed E-state index contributed by atoms with van der Waals surface area (Å²) in [6.07, 6.45) is -1.37. The molecule has 10 heteroatoms. The van der Waals surface area contributed by atoms with E-state index in [9.17, 15) is 14.7 Å². The number of hydrogen-bond acceptors (Lipinski definition) is 6. The predicted octanol–water partition coefficient (Wildman–Crippen LogP) is -10.3. The van der Waals surface area contributed by atoms with E-state index in [-0.39, 0.29) is 65.7 Å². The summed E-state index contributed by atoms with van der Waals surface area (Å²) in [5, 5.41) is 28.0. The molecular weight excluding hydrogens is 230 g/mol. The second-order valence-electron chi connectivity index (χ2n) is 1.61. The molecule has 8 nitrogen and oxygen atoms in total. The van der Waals surface area contributed by atoms with Crippen molar-refractivity contribution in [3.05, 3.63) is 0 Å². The first-order valence-electron chi connectivity index (χ1n) is 2.96. The van der Waals surface area contributed by atoms with Crippen LogP contribution in [0.3, 0.4) is 0 Å². The van der Waals surface area contributed by atoms with Crippen molar-refractivity contribution in [2.75, 3.05) is 13.1 Å². The van der Waals surface area contributed by atoms with Crippen LogP contribution in [0.1, 0.15) is 0 Å². The maximum Gasteiger partial charge on any atom is 1.00 e. The van der Waals surface area contributed by atoms with Crippen LogP contribution in [0.15, 0.2) is 0 Å². The molecule has 0 aromatic heterocycles. The Bertz CT molecular complexity index is 186. The maximum atomic E-state index is 9.50. The topological polar surface area (TPSA) is 156 Å². The van der Waals surface area contributed by atoms with Gasteiger partial charge in [0.25, 0.3) is 0 Å². The third-order valence-electron chi connectivity index (χ3n) is 0.551. The Morgan fingerprint density at radius 1 is 1.13 bits per heavy atom. The molecule has 0 rings (SSSR count). The Labute approximate surface area is 130 Å². The van der Waals surface area contributed by atoms with Crippen molar-refractivity contribution in [3.8, 4) is 0 Å². The van der Waals surface area contributed by atoms with E-state index in [0.29, 0.717) is 0 Å². The third-order valence-corrected chi connectivity index (χ3v) is 0.551. The van der Waals surface area contributed by atoms with Crippen LogP contribution in [0.5, 0.6) is 0 Å².